The van der Waals surface area contributed by atoms with E-state index in [0.717, 1.165) is 17.0 Å². The standard InChI is InChI=1S/C21H26N6O3/c1-12(2)15-5-7-16(8-6-15)24-18(28)11-30-19(29)10-9-17-13(3)23-21-25-20(22)26-27(21)14(17)4/h5-8,12H,9-11H2,1-4H3,(H2,22,26)(H,24,28). The molecule has 2 heterocycles. The molecular formula is C21H26N6O3. The molecule has 0 saturated carbocycles. The summed E-state index contributed by atoms with van der Waals surface area (Å²) in [6.07, 6.45) is 0.535. The molecule has 3 N–H and O–H groups in total. The van der Waals surface area contributed by atoms with Gasteiger partial charge in [0.1, 0.15) is 0 Å². The van der Waals surface area contributed by atoms with Gasteiger partial charge >= 0.3 is 5.97 Å². The van der Waals surface area contributed by atoms with Crippen molar-refractivity contribution in [3.8, 4) is 0 Å². The van der Waals surface area contributed by atoms with Crippen LogP contribution in [-0.2, 0) is 20.7 Å². The van der Waals surface area contributed by atoms with Gasteiger partial charge in [-0.3, -0.25) is 9.59 Å². The number of benzene rings is 1. The lowest BCUT2D eigenvalue weighted by Gasteiger charge is -2.11. The smallest absolute Gasteiger partial charge is 0.306 e. The van der Waals surface area contributed by atoms with Crippen LogP contribution >= 0.6 is 0 Å². The highest BCUT2D eigenvalue weighted by Crippen LogP contribution is 2.18. The molecule has 9 heteroatoms. The fourth-order valence-corrected chi connectivity index (χ4v) is 3.18. The summed E-state index contributed by atoms with van der Waals surface area (Å²) in [4.78, 5) is 32.6. The Kier molecular flexibility index (Phi) is 6.29. The highest BCUT2D eigenvalue weighted by Gasteiger charge is 2.15. The van der Waals surface area contributed by atoms with E-state index in [9.17, 15) is 9.59 Å². The Hall–Kier alpha value is -3.49. The summed E-state index contributed by atoms with van der Waals surface area (Å²) < 4.78 is 6.66. The Bertz CT molecular complexity index is 1070. The number of amides is 1. The van der Waals surface area contributed by atoms with Gasteiger partial charge in [0.15, 0.2) is 6.61 Å². The van der Waals surface area contributed by atoms with Crippen LogP contribution in [-0.4, -0.2) is 38.1 Å². The summed E-state index contributed by atoms with van der Waals surface area (Å²) in [5.41, 5.74) is 9.93. The maximum Gasteiger partial charge on any atom is 0.306 e. The summed E-state index contributed by atoms with van der Waals surface area (Å²) in [6.45, 7) is 7.59. The highest BCUT2D eigenvalue weighted by molar-refractivity contribution is 5.92. The number of nitrogens with two attached hydrogens (primary N) is 1. The number of rotatable bonds is 7. The van der Waals surface area contributed by atoms with Crippen LogP contribution in [0, 0.1) is 13.8 Å². The molecule has 0 aliphatic carbocycles. The van der Waals surface area contributed by atoms with E-state index in [-0.39, 0.29) is 24.9 Å². The average molecular weight is 410 g/mol. The molecule has 0 spiro atoms. The van der Waals surface area contributed by atoms with Crippen LogP contribution in [0.1, 0.15) is 48.7 Å². The van der Waals surface area contributed by atoms with Gasteiger partial charge in [-0.1, -0.05) is 26.0 Å². The SMILES string of the molecule is Cc1nc2nc(N)nn2c(C)c1CCC(=O)OCC(=O)Nc1ccc(C(C)C)cc1. The van der Waals surface area contributed by atoms with Crippen molar-refractivity contribution in [2.45, 2.75) is 46.5 Å². The van der Waals surface area contributed by atoms with Crippen molar-refractivity contribution in [2.24, 2.45) is 0 Å². The van der Waals surface area contributed by atoms with Crippen molar-refractivity contribution in [3.63, 3.8) is 0 Å². The number of nitrogen functional groups attached to an aromatic ring is 1. The fraction of sp³-hybridized carbons (Fsp3) is 0.381. The van der Waals surface area contributed by atoms with Crippen molar-refractivity contribution in [1.29, 1.82) is 0 Å². The van der Waals surface area contributed by atoms with Gasteiger partial charge in [-0.15, -0.1) is 5.10 Å². The summed E-state index contributed by atoms with van der Waals surface area (Å²) >= 11 is 0. The Balaban J connectivity index is 1.51. The van der Waals surface area contributed by atoms with Crippen LogP contribution in [0.4, 0.5) is 11.6 Å². The first kappa shape index (κ1) is 21.2. The van der Waals surface area contributed by atoms with Crippen LogP contribution in [0.3, 0.4) is 0 Å². The van der Waals surface area contributed by atoms with Gasteiger partial charge in [0, 0.05) is 23.5 Å². The van der Waals surface area contributed by atoms with Crippen molar-refractivity contribution >= 4 is 29.3 Å². The predicted molar refractivity (Wildman–Crippen MR) is 113 cm³/mol. The van der Waals surface area contributed by atoms with Gasteiger partial charge < -0.3 is 15.8 Å². The lowest BCUT2D eigenvalue weighted by molar-refractivity contribution is -0.147. The van der Waals surface area contributed by atoms with Gasteiger partial charge in [0.05, 0.1) is 0 Å². The molecule has 0 unspecified atom stereocenters. The molecule has 0 aliphatic rings. The van der Waals surface area contributed by atoms with Crippen molar-refractivity contribution in [1.82, 2.24) is 19.6 Å². The number of aromatic nitrogens is 4. The number of fused-ring (bicyclic) bond motifs is 1. The first-order chi connectivity index (χ1) is 14.2. The van der Waals surface area contributed by atoms with E-state index in [2.05, 4.69) is 34.2 Å². The average Bonchev–Trinajstić information content (AvgIpc) is 3.07. The van der Waals surface area contributed by atoms with E-state index >= 15 is 0 Å². The number of hydrogen-bond acceptors (Lipinski definition) is 7. The first-order valence-electron chi connectivity index (χ1n) is 9.78. The second kappa shape index (κ2) is 8.89. The van der Waals surface area contributed by atoms with Crippen molar-refractivity contribution in [2.75, 3.05) is 17.7 Å². The third kappa shape index (κ3) is 4.91. The van der Waals surface area contributed by atoms with E-state index in [1.807, 2.05) is 38.1 Å². The maximum absolute atomic E-state index is 12.1. The molecule has 2 aromatic heterocycles. The number of ether oxygens (including phenoxy) is 1. The minimum atomic E-state index is -0.461. The summed E-state index contributed by atoms with van der Waals surface area (Å²) in [5.74, 6) is 0.144. The molecule has 0 fully saturated rings. The zero-order chi connectivity index (χ0) is 21.8. The number of carbonyl (C=O) groups is 2. The highest BCUT2D eigenvalue weighted by atomic mass is 16.5. The molecule has 30 heavy (non-hydrogen) atoms. The minimum Gasteiger partial charge on any atom is -0.456 e. The Morgan fingerprint density at radius 1 is 1.17 bits per heavy atom. The number of aryl methyl sites for hydroxylation is 2. The number of hydrogen-bond donors (Lipinski definition) is 2. The largest absolute Gasteiger partial charge is 0.456 e. The van der Waals surface area contributed by atoms with Crippen molar-refractivity contribution < 1.29 is 14.3 Å². The molecule has 0 aliphatic heterocycles. The monoisotopic (exact) mass is 410 g/mol. The molecular weight excluding hydrogens is 384 g/mol. The van der Waals surface area contributed by atoms with E-state index < -0.39 is 5.97 Å². The van der Waals surface area contributed by atoms with Crippen LogP contribution in [0.2, 0.25) is 0 Å². The first-order valence-corrected chi connectivity index (χ1v) is 9.78. The molecule has 1 amide bonds. The van der Waals surface area contributed by atoms with E-state index in [1.165, 1.54) is 5.56 Å². The third-order valence-corrected chi connectivity index (χ3v) is 4.87. The van der Waals surface area contributed by atoms with Gasteiger partial charge in [0.2, 0.25) is 5.95 Å². The molecule has 0 radical (unpaired) electrons. The van der Waals surface area contributed by atoms with E-state index in [0.29, 0.717) is 23.8 Å². The fourth-order valence-electron chi connectivity index (χ4n) is 3.18. The lowest BCUT2D eigenvalue weighted by atomic mass is 10.0. The zero-order valence-electron chi connectivity index (χ0n) is 17.6. The molecule has 3 rings (SSSR count). The second-order valence-corrected chi connectivity index (χ2v) is 7.43. The van der Waals surface area contributed by atoms with E-state index in [1.54, 1.807) is 4.52 Å². The Morgan fingerprint density at radius 2 is 1.87 bits per heavy atom. The predicted octanol–water partition coefficient (Wildman–Crippen LogP) is 2.56. The number of esters is 1. The number of nitrogens with one attached hydrogen (secondary N) is 1. The normalized spacial score (nSPS) is 11.1. The summed E-state index contributed by atoms with van der Waals surface area (Å²) in [6, 6.07) is 7.59. The summed E-state index contributed by atoms with van der Waals surface area (Å²) in [5, 5.41) is 6.83. The molecule has 1 aromatic carbocycles. The third-order valence-electron chi connectivity index (χ3n) is 4.87. The number of carbonyl (C=O) groups excluding carboxylic acids is 2. The van der Waals surface area contributed by atoms with Crippen LogP contribution in [0.25, 0.3) is 5.78 Å². The molecule has 0 saturated heterocycles. The van der Waals surface area contributed by atoms with Crippen molar-refractivity contribution in [3.05, 3.63) is 46.8 Å². The van der Waals surface area contributed by atoms with Gasteiger partial charge in [-0.25, -0.2) is 4.98 Å². The van der Waals surface area contributed by atoms with E-state index in [4.69, 9.17) is 10.5 Å². The molecule has 0 bridgehead atoms. The molecule has 158 valence electrons. The maximum atomic E-state index is 12.1. The Labute approximate surface area is 174 Å². The minimum absolute atomic E-state index is 0.120. The van der Waals surface area contributed by atoms with Crippen LogP contribution < -0.4 is 11.1 Å². The number of nitrogens with zero attached hydrogens (tertiary/aromatic N) is 4. The number of anilines is 2. The molecule has 0 atom stereocenters. The quantitative estimate of drug-likeness (QED) is 0.574. The Morgan fingerprint density at radius 3 is 2.53 bits per heavy atom. The zero-order valence-corrected chi connectivity index (χ0v) is 17.6. The topological polar surface area (TPSA) is 124 Å². The summed E-state index contributed by atoms with van der Waals surface area (Å²) in [7, 11) is 0. The second-order valence-electron chi connectivity index (χ2n) is 7.43. The van der Waals surface area contributed by atoms with Crippen LogP contribution in [0.5, 0.6) is 0 Å². The van der Waals surface area contributed by atoms with Gasteiger partial charge in [0.25, 0.3) is 11.7 Å². The van der Waals surface area contributed by atoms with Crippen LogP contribution in [0.15, 0.2) is 24.3 Å². The van der Waals surface area contributed by atoms with Gasteiger partial charge in [-0.05, 0) is 49.4 Å². The molecule has 9 nitrogen and oxygen atoms in total. The molecule has 3 aromatic rings. The van der Waals surface area contributed by atoms with Gasteiger partial charge in [-0.2, -0.15) is 9.50 Å². The lowest BCUT2D eigenvalue weighted by Crippen LogP contribution is -2.21.